The molecular formula is C14H24N4. The summed E-state index contributed by atoms with van der Waals surface area (Å²) in [7, 11) is 0. The zero-order chi connectivity index (χ0) is 12.6. The van der Waals surface area contributed by atoms with E-state index in [4.69, 9.17) is 0 Å². The van der Waals surface area contributed by atoms with Crippen LogP contribution in [0.4, 0.5) is 0 Å². The van der Waals surface area contributed by atoms with Gasteiger partial charge in [0, 0.05) is 44.8 Å². The van der Waals surface area contributed by atoms with E-state index in [2.05, 4.69) is 28.1 Å². The summed E-state index contributed by atoms with van der Waals surface area (Å²) in [6.45, 7) is 7.56. The molecule has 2 saturated carbocycles. The average molecular weight is 248 g/mol. The van der Waals surface area contributed by atoms with Gasteiger partial charge in [-0.25, -0.2) is 0 Å². The molecule has 3 aliphatic rings. The van der Waals surface area contributed by atoms with Crippen LogP contribution in [0.15, 0.2) is 0 Å². The summed E-state index contributed by atoms with van der Waals surface area (Å²) in [5, 5.41) is 12.9. The number of nitrogens with one attached hydrogen (secondary N) is 1. The van der Waals surface area contributed by atoms with Crippen LogP contribution in [0.3, 0.4) is 0 Å². The van der Waals surface area contributed by atoms with Crippen molar-refractivity contribution in [3.8, 4) is 6.07 Å². The van der Waals surface area contributed by atoms with Crippen LogP contribution in [0.25, 0.3) is 0 Å². The van der Waals surface area contributed by atoms with E-state index in [1.165, 1.54) is 38.8 Å². The maximum atomic E-state index is 9.39. The fourth-order valence-corrected chi connectivity index (χ4v) is 2.96. The smallest absolute Gasteiger partial charge is 0.116 e. The van der Waals surface area contributed by atoms with Crippen molar-refractivity contribution in [1.29, 1.82) is 5.26 Å². The summed E-state index contributed by atoms with van der Waals surface area (Å²) >= 11 is 0. The average Bonchev–Trinajstić information content (AvgIpc) is 3.24. The van der Waals surface area contributed by atoms with Crippen LogP contribution in [0.5, 0.6) is 0 Å². The fourth-order valence-electron chi connectivity index (χ4n) is 2.96. The normalized spacial score (nSPS) is 29.8. The molecule has 0 spiro atoms. The van der Waals surface area contributed by atoms with E-state index in [9.17, 15) is 5.26 Å². The fraction of sp³-hybridized carbons (Fsp3) is 0.929. The van der Waals surface area contributed by atoms with Crippen LogP contribution in [0.1, 0.15) is 32.6 Å². The third-order valence-corrected chi connectivity index (χ3v) is 4.36. The lowest BCUT2D eigenvalue weighted by Crippen LogP contribution is -2.56. The minimum absolute atomic E-state index is 0.358. The van der Waals surface area contributed by atoms with Crippen LogP contribution in [-0.4, -0.2) is 60.1 Å². The molecule has 0 radical (unpaired) electrons. The molecule has 0 amide bonds. The minimum Gasteiger partial charge on any atom is -0.298 e. The predicted molar refractivity (Wildman–Crippen MR) is 71.2 cm³/mol. The first kappa shape index (κ1) is 12.4. The maximum absolute atomic E-state index is 9.39. The molecule has 1 saturated heterocycles. The Balaban J connectivity index is 1.47. The van der Waals surface area contributed by atoms with Crippen molar-refractivity contribution in [3.63, 3.8) is 0 Å². The Morgan fingerprint density at radius 3 is 2.33 bits per heavy atom. The molecule has 2 aliphatic carbocycles. The molecule has 18 heavy (non-hydrogen) atoms. The SMILES string of the molecule is CC(C#N)(CN1CCN(C2CC2)CC1)NC1CC1. The molecule has 1 unspecified atom stereocenters. The Bertz CT molecular complexity index is 334. The molecule has 1 aliphatic heterocycles. The molecule has 1 N–H and O–H groups in total. The van der Waals surface area contributed by atoms with Crippen LogP contribution >= 0.6 is 0 Å². The Morgan fingerprint density at radius 2 is 1.83 bits per heavy atom. The van der Waals surface area contributed by atoms with Gasteiger partial charge in [-0.1, -0.05) is 0 Å². The molecule has 0 bridgehead atoms. The van der Waals surface area contributed by atoms with E-state index >= 15 is 0 Å². The lowest BCUT2D eigenvalue weighted by molar-refractivity contribution is 0.110. The first-order valence-corrected chi connectivity index (χ1v) is 7.34. The predicted octanol–water partition coefficient (Wildman–Crippen LogP) is 0.801. The van der Waals surface area contributed by atoms with Gasteiger partial charge in [0.05, 0.1) is 6.07 Å². The highest BCUT2D eigenvalue weighted by Gasteiger charge is 2.36. The molecule has 0 aromatic carbocycles. The van der Waals surface area contributed by atoms with Gasteiger partial charge in [-0.3, -0.25) is 15.1 Å². The molecule has 3 fully saturated rings. The Labute approximate surface area is 110 Å². The highest BCUT2D eigenvalue weighted by atomic mass is 15.3. The second kappa shape index (κ2) is 4.80. The molecular weight excluding hydrogens is 224 g/mol. The number of hydrogen-bond donors (Lipinski definition) is 1. The van der Waals surface area contributed by atoms with E-state index in [-0.39, 0.29) is 5.54 Å². The molecule has 100 valence electrons. The number of rotatable bonds is 5. The van der Waals surface area contributed by atoms with Crippen LogP contribution in [0.2, 0.25) is 0 Å². The van der Waals surface area contributed by atoms with Gasteiger partial charge in [-0.05, 0) is 32.6 Å². The summed E-state index contributed by atoms with van der Waals surface area (Å²) in [6.07, 6.45) is 5.29. The third-order valence-electron chi connectivity index (χ3n) is 4.36. The van der Waals surface area contributed by atoms with Crippen molar-refractivity contribution < 1.29 is 0 Å². The van der Waals surface area contributed by atoms with Crippen molar-refractivity contribution in [3.05, 3.63) is 0 Å². The Kier molecular flexibility index (Phi) is 3.31. The molecule has 4 nitrogen and oxygen atoms in total. The van der Waals surface area contributed by atoms with Crippen molar-refractivity contribution in [2.75, 3.05) is 32.7 Å². The summed E-state index contributed by atoms with van der Waals surface area (Å²) in [5.41, 5.74) is -0.358. The molecule has 0 aromatic heterocycles. The zero-order valence-electron chi connectivity index (χ0n) is 11.4. The van der Waals surface area contributed by atoms with Gasteiger partial charge < -0.3 is 0 Å². The molecule has 1 atom stereocenters. The third kappa shape index (κ3) is 3.03. The highest BCUT2D eigenvalue weighted by molar-refractivity contribution is 5.09. The van der Waals surface area contributed by atoms with E-state index in [1.807, 2.05) is 0 Å². The molecule has 4 heteroatoms. The topological polar surface area (TPSA) is 42.3 Å². The van der Waals surface area contributed by atoms with Gasteiger partial charge in [0.2, 0.25) is 0 Å². The van der Waals surface area contributed by atoms with Gasteiger partial charge in [-0.2, -0.15) is 5.26 Å². The zero-order valence-corrected chi connectivity index (χ0v) is 11.4. The van der Waals surface area contributed by atoms with Crippen LogP contribution in [0, 0.1) is 11.3 Å². The first-order valence-electron chi connectivity index (χ1n) is 7.34. The lowest BCUT2D eigenvalue weighted by Gasteiger charge is -2.38. The minimum atomic E-state index is -0.358. The second-order valence-corrected chi connectivity index (χ2v) is 6.41. The summed E-state index contributed by atoms with van der Waals surface area (Å²) < 4.78 is 0. The van der Waals surface area contributed by atoms with Crippen LogP contribution in [-0.2, 0) is 0 Å². The monoisotopic (exact) mass is 248 g/mol. The summed E-state index contributed by atoms with van der Waals surface area (Å²) in [4.78, 5) is 5.08. The summed E-state index contributed by atoms with van der Waals surface area (Å²) in [5.74, 6) is 0. The van der Waals surface area contributed by atoms with Crippen molar-refractivity contribution >= 4 is 0 Å². The first-order chi connectivity index (χ1) is 8.68. The van der Waals surface area contributed by atoms with Gasteiger partial charge in [0.1, 0.15) is 5.54 Å². The van der Waals surface area contributed by atoms with Crippen LogP contribution < -0.4 is 5.32 Å². The van der Waals surface area contributed by atoms with Gasteiger partial charge in [-0.15, -0.1) is 0 Å². The van der Waals surface area contributed by atoms with Gasteiger partial charge >= 0.3 is 0 Å². The second-order valence-electron chi connectivity index (χ2n) is 6.41. The Hall–Kier alpha value is -0.630. The van der Waals surface area contributed by atoms with E-state index in [0.717, 1.165) is 25.7 Å². The van der Waals surface area contributed by atoms with E-state index in [0.29, 0.717) is 6.04 Å². The Morgan fingerprint density at radius 1 is 1.17 bits per heavy atom. The quantitative estimate of drug-likeness (QED) is 0.781. The molecule has 0 aromatic rings. The largest absolute Gasteiger partial charge is 0.298 e. The standard InChI is InChI=1S/C14H24N4/c1-14(10-15,16-12-2-3-12)11-17-6-8-18(9-7-17)13-4-5-13/h12-13,16H,2-9,11H2,1H3. The number of nitrogens with zero attached hydrogens (tertiary/aromatic N) is 3. The molecule has 3 rings (SSSR count). The number of hydrogen-bond acceptors (Lipinski definition) is 4. The van der Waals surface area contributed by atoms with Gasteiger partial charge in [0.15, 0.2) is 0 Å². The van der Waals surface area contributed by atoms with Crippen molar-refractivity contribution in [1.82, 2.24) is 15.1 Å². The molecule has 1 heterocycles. The highest BCUT2D eigenvalue weighted by Crippen LogP contribution is 2.28. The van der Waals surface area contributed by atoms with E-state index < -0.39 is 0 Å². The lowest BCUT2D eigenvalue weighted by atomic mass is 10.0. The maximum Gasteiger partial charge on any atom is 0.116 e. The van der Waals surface area contributed by atoms with E-state index in [1.54, 1.807) is 0 Å². The van der Waals surface area contributed by atoms with Crippen molar-refractivity contribution in [2.24, 2.45) is 0 Å². The van der Waals surface area contributed by atoms with Crippen molar-refractivity contribution in [2.45, 2.75) is 50.2 Å². The number of piperazine rings is 1. The number of nitriles is 1. The summed E-state index contributed by atoms with van der Waals surface area (Å²) in [6, 6.07) is 3.96. The van der Waals surface area contributed by atoms with Gasteiger partial charge in [0.25, 0.3) is 0 Å².